The largest absolute Gasteiger partial charge is 0.338 e. The Balaban J connectivity index is 1.32. The second-order valence-electron chi connectivity index (χ2n) is 11.4. The van der Waals surface area contributed by atoms with E-state index in [2.05, 4.69) is 35.1 Å². The molecule has 196 valence electrons. The van der Waals surface area contributed by atoms with Crippen LogP contribution in [0.25, 0.3) is 0 Å². The topological polar surface area (TPSA) is 82.3 Å². The highest BCUT2D eigenvalue weighted by molar-refractivity contribution is 5.74. The molecule has 0 radical (unpaired) electrons. The van der Waals surface area contributed by atoms with Crippen LogP contribution in [0.5, 0.6) is 0 Å². The van der Waals surface area contributed by atoms with Crippen molar-refractivity contribution in [3.63, 3.8) is 0 Å². The summed E-state index contributed by atoms with van der Waals surface area (Å²) in [5, 5.41) is 12.3. The van der Waals surface area contributed by atoms with E-state index in [1.54, 1.807) is 0 Å². The van der Waals surface area contributed by atoms with Crippen LogP contribution < -0.4 is 21.3 Å². The van der Waals surface area contributed by atoms with Gasteiger partial charge in [-0.25, -0.2) is 9.59 Å². The predicted octanol–water partition coefficient (Wildman–Crippen LogP) is 5.97. The third kappa shape index (κ3) is 7.52. The number of urea groups is 2. The highest BCUT2D eigenvalue weighted by Gasteiger charge is 2.60. The Morgan fingerprint density at radius 2 is 1.35 bits per heavy atom. The quantitative estimate of drug-likeness (QED) is 0.207. The zero-order chi connectivity index (χ0) is 24.2. The summed E-state index contributed by atoms with van der Waals surface area (Å²) in [6.07, 6.45) is 18.5. The average Bonchev–Trinajstić information content (AvgIpc) is 3.51. The van der Waals surface area contributed by atoms with E-state index in [-0.39, 0.29) is 12.1 Å². The van der Waals surface area contributed by atoms with Crippen molar-refractivity contribution < 1.29 is 9.59 Å². The Labute approximate surface area is 208 Å². The Hall–Kier alpha value is -1.46. The van der Waals surface area contributed by atoms with E-state index >= 15 is 0 Å². The molecule has 0 spiro atoms. The molecule has 3 saturated carbocycles. The average molecular weight is 477 g/mol. The summed E-state index contributed by atoms with van der Waals surface area (Å²) < 4.78 is 0. The van der Waals surface area contributed by atoms with Gasteiger partial charge in [0.25, 0.3) is 0 Å². The van der Waals surface area contributed by atoms with Crippen LogP contribution in [-0.4, -0.2) is 38.2 Å². The smallest absolute Gasteiger partial charge is 0.314 e. The number of carbonyl (C=O) groups is 2. The van der Waals surface area contributed by atoms with E-state index in [4.69, 9.17) is 0 Å². The van der Waals surface area contributed by atoms with Crippen molar-refractivity contribution in [2.75, 3.05) is 26.2 Å². The molecule has 5 atom stereocenters. The molecule has 0 saturated heterocycles. The fourth-order valence-electron chi connectivity index (χ4n) is 7.58. The molecular formula is C28H52N4O2. The van der Waals surface area contributed by atoms with Crippen molar-refractivity contribution in [3.05, 3.63) is 0 Å². The maximum atomic E-state index is 12.2. The Morgan fingerprint density at radius 1 is 0.735 bits per heavy atom. The molecule has 5 unspecified atom stereocenters. The normalized spacial score (nSPS) is 29.1. The van der Waals surface area contributed by atoms with Crippen LogP contribution in [-0.2, 0) is 0 Å². The predicted molar refractivity (Wildman–Crippen MR) is 140 cm³/mol. The summed E-state index contributed by atoms with van der Waals surface area (Å²) >= 11 is 0. The van der Waals surface area contributed by atoms with Crippen LogP contribution in [0.3, 0.4) is 0 Å². The van der Waals surface area contributed by atoms with E-state index in [1.807, 2.05) is 0 Å². The van der Waals surface area contributed by atoms with Gasteiger partial charge in [0.05, 0.1) is 0 Å². The van der Waals surface area contributed by atoms with Crippen molar-refractivity contribution in [1.29, 1.82) is 0 Å². The van der Waals surface area contributed by atoms with Crippen LogP contribution in [0.4, 0.5) is 9.59 Å². The number of carbonyl (C=O) groups excluding carboxylic acids is 2. The van der Waals surface area contributed by atoms with E-state index < -0.39 is 0 Å². The van der Waals surface area contributed by atoms with E-state index in [0.717, 1.165) is 75.5 Å². The van der Waals surface area contributed by atoms with Crippen molar-refractivity contribution in [2.45, 2.75) is 110 Å². The number of nitrogens with one attached hydrogen (secondary N) is 4. The second kappa shape index (κ2) is 14.2. The summed E-state index contributed by atoms with van der Waals surface area (Å²) in [7, 11) is 0. The molecule has 3 aliphatic carbocycles. The van der Waals surface area contributed by atoms with Crippen LogP contribution in [0.2, 0.25) is 0 Å². The van der Waals surface area contributed by atoms with E-state index in [9.17, 15) is 9.59 Å². The fourth-order valence-corrected chi connectivity index (χ4v) is 7.58. The molecule has 2 bridgehead atoms. The minimum absolute atomic E-state index is 0.00479. The zero-order valence-electron chi connectivity index (χ0n) is 22.1. The first kappa shape index (κ1) is 27.1. The molecule has 0 aromatic carbocycles. The molecule has 6 nitrogen and oxygen atoms in total. The molecule has 0 aromatic heterocycles. The van der Waals surface area contributed by atoms with Crippen LogP contribution in [0.1, 0.15) is 110 Å². The Bertz CT molecular complexity index is 628. The summed E-state index contributed by atoms with van der Waals surface area (Å²) in [4.78, 5) is 24.2. The SMILES string of the molecule is CCCCCCNC(=O)NCCC1CCC2C1C1CCC2(CCNC(=O)NCCCCCC)C1. The van der Waals surface area contributed by atoms with Gasteiger partial charge in [-0.15, -0.1) is 0 Å². The number of fused-ring (bicyclic) bond motifs is 5. The summed E-state index contributed by atoms with van der Waals surface area (Å²) in [6.45, 7) is 7.60. The standard InChI is InChI=1S/C28H52N4O2/c1-3-5-7-9-17-29-26(33)31-19-14-22-11-12-24-25(22)23-13-15-28(24,21-23)16-20-32-27(34)30-18-10-8-6-4-2/h22-25H,3-21H2,1-2H3,(H2,29,31,33)(H2,30,32,34). The monoisotopic (exact) mass is 476 g/mol. The molecule has 0 heterocycles. The minimum Gasteiger partial charge on any atom is -0.338 e. The van der Waals surface area contributed by atoms with Crippen LogP contribution in [0.15, 0.2) is 0 Å². The van der Waals surface area contributed by atoms with Crippen molar-refractivity contribution in [2.24, 2.45) is 29.1 Å². The maximum Gasteiger partial charge on any atom is 0.314 e. The summed E-state index contributed by atoms with van der Waals surface area (Å²) in [5.41, 5.74) is 0.460. The molecular weight excluding hydrogens is 424 g/mol. The van der Waals surface area contributed by atoms with Gasteiger partial charge in [-0.05, 0) is 86.9 Å². The Kier molecular flexibility index (Phi) is 11.3. The van der Waals surface area contributed by atoms with Crippen molar-refractivity contribution in [3.8, 4) is 0 Å². The summed E-state index contributed by atoms with van der Waals surface area (Å²) in [5.74, 6) is 3.32. The van der Waals surface area contributed by atoms with Gasteiger partial charge in [0, 0.05) is 26.2 Å². The molecule has 34 heavy (non-hydrogen) atoms. The molecule has 3 rings (SSSR count). The molecule has 4 amide bonds. The lowest BCUT2D eigenvalue weighted by molar-refractivity contribution is 0.123. The lowest BCUT2D eigenvalue weighted by Gasteiger charge is -2.37. The third-order valence-electron chi connectivity index (χ3n) is 9.21. The third-order valence-corrected chi connectivity index (χ3v) is 9.21. The second-order valence-corrected chi connectivity index (χ2v) is 11.4. The molecule has 3 fully saturated rings. The maximum absolute atomic E-state index is 12.2. The van der Waals surface area contributed by atoms with E-state index in [1.165, 1.54) is 70.6 Å². The summed E-state index contributed by atoms with van der Waals surface area (Å²) in [6, 6.07) is 0.0150. The van der Waals surface area contributed by atoms with Gasteiger partial charge in [0.15, 0.2) is 0 Å². The highest BCUT2D eigenvalue weighted by atomic mass is 16.2. The lowest BCUT2D eigenvalue weighted by atomic mass is 9.68. The van der Waals surface area contributed by atoms with Gasteiger partial charge in [0.1, 0.15) is 0 Å². The number of hydrogen-bond acceptors (Lipinski definition) is 2. The first-order chi connectivity index (χ1) is 16.6. The van der Waals surface area contributed by atoms with Gasteiger partial charge in [-0.2, -0.15) is 0 Å². The van der Waals surface area contributed by atoms with Gasteiger partial charge < -0.3 is 21.3 Å². The van der Waals surface area contributed by atoms with Gasteiger partial charge in [0.2, 0.25) is 0 Å². The van der Waals surface area contributed by atoms with Crippen LogP contribution >= 0.6 is 0 Å². The minimum atomic E-state index is 0.00479. The fraction of sp³-hybridized carbons (Fsp3) is 0.929. The number of amides is 4. The Morgan fingerprint density at radius 3 is 2.00 bits per heavy atom. The molecule has 4 N–H and O–H groups in total. The van der Waals surface area contributed by atoms with Gasteiger partial charge in [-0.3, -0.25) is 0 Å². The molecule has 6 heteroatoms. The highest BCUT2D eigenvalue weighted by Crippen LogP contribution is 2.68. The molecule has 3 aliphatic rings. The van der Waals surface area contributed by atoms with Crippen molar-refractivity contribution >= 4 is 12.1 Å². The number of hydrogen-bond donors (Lipinski definition) is 4. The first-order valence-electron chi connectivity index (χ1n) is 14.6. The number of rotatable bonds is 16. The lowest BCUT2D eigenvalue weighted by Crippen LogP contribution is -2.39. The first-order valence-corrected chi connectivity index (χ1v) is 14.6. The van der Waals surface area contributed by atoms with Gasteiger partial charge in [-0.1, -0.05) is 52.4 Å². The number of unbranched alkanes of at least 4 members (excludes halogenated alkanes) is 6. The molecule has 0 aromatic rings. The van der Waals surface area contributed by atoms with Crippen LogP contribution in [0, 0.1) is 29.1 Å². The van der Waals surface area contributed by atoms with E-state index in [0.29, 0.717) is 5.41 Å². The zero-order valence-corrected chi connectivity index (χ0v) is 22.1. The van der Waals surface area contributed by atoms with Gasteiger partial charge >= 0.3 is 12.1 Å². The molecule has 0 aliphatic heterocycles. The van der Waals surface area contributed by atoms with Crippen molar-refractivity contribution in [1.82, 2.24) is 21.3 Å².